The number of carbonyl (C=O) groups is 1. The Hall–Kier alpha value is -0.330. The number of Topliss-reactive ketones (excluding diaryl/α,β-unsaturated/α-hetero) is 1. The van der Waals surface area contributed by atoms with Crippen molar-refractivity contribution in [3.05, 3.63) is 0 Å². The van der Waals surface area contributed by atoms with Crippen molar-refractivity contribution >= 4 is 5.78 Å². The van der Waals surface area contributed by atoms with Crippen molar-refractivity contribution in [2.75, 3.05) is 0 Å². The van der Waals surface area contributed by atoms with E-state index in [0.717, 1.165) is 12.8 Å². The molecule has 3 saturated carbocycles. The summed E-state index contributed by atoms with van der Waals surface area (Å²) < 4.78 is 0. The Balaban J connectivity index is 2.09. The van der Waals surface area contributed by atoms with E-state index < -0.39 is 0 Å². The van der Waals surface area contributed by atoms with E-state index in [9.17, 15) is 4.79 Å². The molecule has 13 heavy (non-hydrogen) atoms. The first kappa shape index (κ1) is 8.02. The highest BCUT2D eigenvalue weighted by molar-refractivity contribution is 5.98. The van der Waals surface area contributed by atoms with Crippen LogP contribution in [0.3, 0.4) is 0 Å². The molecule has 0 saturated heterocycles. The second-order valence-electron chi connectivity index (χ2n) is 6.64. The van der Waals surface area contributed by atoms with Gasteiger partial charge in [0.2, 0.25) is 0 Å². The van der Waals surface area contributed by atoms with Gasteiger partial charge in [0.15, 0.2) is 0 Å². The number of carbonyl (C=O) groups excluding carboxylic acids is 1. The highest BCUT2D eigenvalue weighted by Gasteiger charge is 2.82. The summed E-state index contributed by atoms with van der Waals surface area (Å²) in [7, 11) is 0. The Labute approximate surface area is 79.9 Å². The maximum atomic E-state index is 12.3. The van der Waals surface area contributed by atoms with Gasteiger partial charge in [0.1, 0.15) is 5.78 Å². The fraction of sp³-hybridized carbons (Fsp3) is 0.917. The number of rotatable bonds is 0. The fourth-order valence-electron chi connectivity index (χ4n) is 4.17. The van der Waals surface area contributed by atoms with Gasteiger partial charge in [-0.3, -0.25) is 4.79 Å². The van der Waals surface area contributed by atoms with Crippen molar-refractivity contribution in [1.29, 1.82) is 0 Å². The van der Waals surface area contributed by atoms with Crippen LogP contribution in [-0.4, -0.2) is 5.78 Å². The summed E-state index contributed by atoms with van der Waals surface area (Å²) in [5, 5.41) is 0. The smallest absolute Gasteiger partial charge is 0.145 e. The number of hydrogen-bond acceptors (Lipinski definition) is 1. The van der Waals surface area contributed by atoms with Gasteiger partial charge in [0.25, 0.3) is 0 Å². The van der Waals surface area contributed by atoms with E-state index in [4.69, 9.17) is 0 Å². The minimum Gasteiger partial charge on any atom is -0.298 e. The third kappa shape index (κ3) is 0.572. The first-order valence-corrected chi connectivity index (χ1v) is 5.33. The van der Waals surface area contributed by atoms with Crippen LogP contribution < -0.4 is 0 Å². The van der Waals surface area contributed by atoms with E-state index in [2.05, 4.69) is 27.7 Å². The second kappa shape index (κ2) is 1.51. The molecule has 0 radical (unpaired) electrons. The van der Waals surface area contributed by atoms with Crippen molar-refractivity contribution in [2.24, 2.45) is 21.7 Å². The first-order valence-electron chi connectivity index (χ1n) is 5.33. The average molecular weight is 178 g/mol. The molecule has 0 heterocycles. The van der Waals surface area contributed by atoms with Crippen molar-refractivity contribution in [1.82, 2.24) is 0 Å². The van der Waals surface area contributed by atoms with Crippen LogP contribution in [0.5, 0.6) is 0 Å². The van der Waals surface area contributed by atoms with Crippen LogP contribution >= 0.6 is 0 Å². The zero-order chi connectivity index (χ0) is 9.70. The standard InChI is InChI=1S/C12H18O/c1-9-5-10(2)7-12(10,4)8(13)11(9,3)6-9/h5-7H2,1-4H3. The van der Waals surface area contributed by atoms with Crippen LogP contribution in [0.2, 0.25) is 0 Å². The molecule has 3 aliphatic rings. The largest absolute Gasteiger partial charge is 0.298 e. The molecule has 0 spiro atoms. The molecule has 0 bridgehead atoms. The molecule has 1 nitrogen and oxygen atoms in total. The van der Waals surface area contributed by atoms with Gasteiger partial charge in [0, 0.05) is 10.8 Å². The quantitative estimate of drug-likeness (QED) is 0.557. The summed E-state index contributed by atoms with van der Waals surface area (Å²) in [5.41, 5.74) is 0.819. The molecule has 0 aromatic carbocycles. The Bertz CT molecular complexity index is 304. The lowest BCUT2D eigenvalue weighted by atomic mass is 9.70. The summed E-state index contributed by atoms with van der Waals surface area (Å²) in [6.45, 7) is 8.96. The van der Waals surface area contributed by atoms with Gasteiger partial charge in [0.05, 0.1) is 0 Å². The Morgan fingerprint density at radius 1 is 0.846 bits per heavy atom. The molecule has 3 fully saturated rings. The molecular weight excluding hydrogens is 160 g/mol. The first-order chi connectivity index (χ1) is 5.78. The predicted molar refractivity (Wildman–Crippen MR) is 51.3 cm³/mol. The van der Waals surface area contributed by atoms with Gasteiger partial charge in [-0.15, -0.1) is 0 Å². The zero-order valence-electron chi connectivity index (χ0n) is 9.03. The SMILES string of the molecule is CC12CC3(C)CC3(C)C(=O)C1(C)C2. The molecule has 4 unspecified atom stereocenters. The number of hydrogen-bond donors (Lipinski definition) is 0. The molecule has 0 aromatic heterocycles. The molecule has 3 rings (SSSR count). The van der Waals surface area contributed by atoms with Crippen LogP contribution in [-0.2, 0) is 4.79 Å². The third-order valence-corrected chi connectivity index (χ3v) is 5.68. The van der Waals surface area contributed by atoms with Crippen LogP contribution in [0.25, 0.3) is 0 Å². The van der Waals surface area contributed by atoms with Gasteiger partial charge in [-0.05, 0) is 30.1 Å². The summed E-state index contributed by atoms with van der Waals surface area (Å²) in [6.07, 6.45) is 3.56. The zero-order valence-corrected chi connectivity index (χ0v) is 9.03. The highest BCUT2D eigenvalue weighted by Crippen LogP contribution is 2.84. The minimum absolute atomic E-state index is 0.0533. The van der Waals surface area contributed by atoms with E-state index in [0.29, 0.717) is 16.6 Å². The second-order valence-corrected chi connectivity index (χ2v) is 6.64. The number of fused-ring (bicyclic) bond motifs is 2. The van der Waals surface area contributed by atoms with E-state index >= 15 is 0 Å². The monoisotopic (exact) mass is 178 g/mol. The van der Waals surface area contributed by atoms with Crippen molar-refractivity contribution in [2.45, 2.75) is 47.0 Å². The van der Waals surface area contributed by atoms with Crippen molar-refractivity contribution in [3.8, 4) is 0 Å². The summed E-state index contributed by atoms with van der Waals surface area (Å²) in [6, 6.07) is 0. The van der Waals surface area contributed by atoms with Crippen molar-refractivity contribution < 1.29 is 4.79 Å². The molecule has 0 amide bonds. The highest BCUT2D eigenvalue weighted by atomic mass is 16.1. The van der Waals surface area contributed by atoms with Crippen LogP contribution in [0.15, 0.2) is 0 Å². The van der Waals surface area contributed by atoms with E-state index in [-0.39, 0.29) is 10.8 Å². The molecule has 0 aliphatic heterocycles. The summed E-state index contributed by atoms with van der Waals surface area (Å²) in [4.78, 5) is 12.3. The molecule has 1 heteroatoms. The Kier molecular flexibility index (Phi) is 0.931. The average Bonchev–Trinajstić information content (AvgIpc) is 2.69. The van der Waals surface area contributed by atoms with E-state index in [1.807, 2.05) is 0 Å². The van der Waals surface area contributed by atoms with E-state index in [1.165, 1.54) is 6.42 Å². The summed E-state index contributed by atoms with van der Waals surface area (Å²) >= 11 is 0. The lowest BCUT2D eigenvalue weighted by Gasteiger charge is -2.32. The van der Waals surface area contributed by atoms with Crippen LogP contribution in [0, 0.1) is 21.7 Å². The normalized spacial score (nSPS) is 68.5. The van der Waals surface area contributed by atoms with Gasteiger partial charge < -0.3 is 0 Å². The van der Waals surface area contributed by atoms with Crippen LogP contribution in [0.4, 0.5) is 0 Å². The third-order valence-electron chi connectivity index (χ3n) is 5.68. The minimum atomic E-state index is 0.0533. The molecule has 3 aliphatic carbocycles. The maximum Gasteiger partial charge on any atom is 0.145 e. The molecular formula is C12H18O. The van der Waals surface area contributed by atoms with E-state index in [1.54, 1.807) is 0 Å². The maximum absolute atomic E-state index is 12.3. The van der Waals surface area contributed by atoms with Gasteiger partial charge in [-0.2, -0.15) is 0 Å². The molecule has 0 N–H and O–H groups in total. The molecule has 0 aromatic rings. The fourth-order valence-corrected chi connectivity index (χ4v) is 4.17. The van der Waals surface area contributed by atoms with Crippen LogP contribution in [0.1, 0.15) is 47.0 Å². The van der Waals surface area contributed by atoms with Gasteiger partial charge in [-0.25, -0.2) is 0 Å². The number of ketones is 1. The lowest BCUT2D eigenvalue weighted by molar-refractivity contribution is -0.133. The topological polar surface area (TPSA) is 17.1 Å². The van der Waals surface area contributed by atoms with Crippen molar-refractivity contribution in [3.63, 3.8) is 0 Å². The molecule has 4 atom stereocenters. The Morgan fingerprint density at radius 3 is 1.62 bits per heavy atom. The predicted octanol–water partition coefficient (Wildman–Crippen LogP) is 2.79. The van der Waals surface area contributed by atoms with Gasteiger partial charge in [-0.1, -0.05) is 27.7 Å². The van der Waals surface area contributed by atoms with Gasteiger partial charge >= 0.3 is 0 Å². The lowest BCUT2D eigenvalue weighted by Crippen LogP contribution is -2.35. The molecule has 72 valence electrons. The Morgan fingerprint density at radius 2 is 1.23 bits per heavy atom. The summed E-state index contributed by atoms with van der Waals surface area (Å²) in [5.74, 6) is 0.566.